The Kier molecular flexibility index (Phi) is 3.57. The first kappa shape index (κ1) is 15.4. The lowest BCUT2D eigenvalue weighted by Gasteiger charge is -2.11. The standard InChI is InChI=1S/C20H18N2O3/c1-2-3-12-21-17-15-10-6-7-11-16(15)22(20(24)25)18(17)13-8-4-5-9-14(13)19(21)23/h4-11H,2-3,12H2,1H3,(H,24,25). The molecule has 4 rings (SSSR count). The van der Waals surface area contributed by atoms with Crippen molar-refractivity contribution in [2.45, 2.75) is 26.3 Å². The average Bonchev–Trinajstić information content (AvgIpc) is 2.97. The summed E-state index contributed by atoms with van der Waals surface area (Å²) in [5.41, 5.74) is 1.82. The molecule has 1 N–H and O–H groups in total. The van der Waals surface area contributed by atoms with Crippen molar-refractivity contribution in [3.63, 3.8) is 0 Å². The minimum absolute atomic E-state index is 0.0650. The highest BCUT2D eigenvalue weighted by Crippen LogP contribution is 2.32. The number of carboxylic acid groups (broad SMARTS) is 1. The van der Waals surface area contributed by atoms with Gasteiger partial charge in [-0.1, -0.05) is 49.7 Å². The smallest absolute Gasteiger partial charge is 0.416 e. The van der Waals surface area contributed by atoms with E-state index in [-0.39, 0.29) is 5.56 Å². The molecule has 126 valence electrons. The highest BCUT2D eigenvalue weighted by molar-refractivity contribution is 6.19. The van der Waals surface area contributed by atoms with Crippen LogP contribution in [0.15, 0.2) is 53.3 Å². The normalized spacial score (nSPS) is 11.6. The van der Waals surface area contributed by atoms with Crippen LogP contribution in [0.1, 0.15) is 19.8 Å². The number of carbonyl (C=O) groups is 1. The SMILES string of the molecule is CCCCn1c(=O)c2ccccc2c2c1c1ccccc1n2C(=O)O. The second kappa shape index (κ2) is 5.77. The van der Waals surface area contributed by atoms with Gasteiger partial charge in [-0.25, -0.2) is 9.36 Å². The van der Waals surface area contributed by atoms with Crippen molar-refractivity contribution in [1.29, 1.82) is 0 Å². The number of para-hydroxylation sites is 1. The number of pyridine rings is 1. The van der Waals surface area contributed by atoms with Crippen LogP contribution < -0.4 is 5.56 Å². The fourth-order valence-corrected chi connectivity index (χ4v) is 3.60. The Morgan fingerprint density at radius 3 is 2.28 bits per heavy atom. The summed E-state index contributed by atoms with van der Waals surface area (Å²) in [6, 6.07) is 14.6. The van der Waals surface area contributed by atoms with Crippen molar-refractivity contribution in [2.24, 2.45) is 0 Å². The monoisotopic (exact) mass is 334 g/mol. The van der Waals surface area contributed by atoms with Crippen molar-refractivity contribution in [3.05, 3.63) is 58.9 Å². The fraction of sp³-hybridized carbons (Fsp3) is 0.200. The Morgan fingerprint density at radius 2 is 1.60 bits per heavy atom. The molecule has 0 fully saturated rings. The van der Waals surface area contributed by atoms with Gasteiger partial charge in [-0.2, -0.15) is 0 Å². The van der Waals surface area contributed by atoms with Crippen molar-refractivity contribution >= 4 is 38.8 Å². The zero-order chi connectivity index (χ0) is 17.6. The quantitative estimate of drug-likeness (QED) is 0.602. The minimum atomic E-state index is -1.04. The van der Waals surface area contributed by atoms with Gasteiger partial charge in [-0.3, -0.25) is 4.79 Å². The number of hydrogen-bond acceptors (Lipinski definition) is 2. The van der Waals surface area contributed by atoms with Crippen molar-refractivity contribution in [3.8, 4) is 0 Å². The maximum absolute atomic E-state index is 13.1. The average molecular weight is 334 g/mol. The molecule has 0 atom stereocenters. The molecule has 0 radical (unpaired) electrons. The Hall–Kier alpha value is -3.08. The zero-order valence-corrected chi connectivity index (χ0v) is 13.9. The molecule has 0 bridgehead atoms. The summed E-state index contributed by atoms with van der Waals surface area (Å²) in [5, 5.41) is 11.9. The van der Waals surface area contributed by atoms with Crippen LogP contribution in [-0.2, 0) is 6.54 Å². The fourth-order valence-electron chi connectivity index (χ4n) is 3.60. The number of benzene rings is 2. The summed E-state index contributed by atoms with van der Waals surface area (Å²) >= 11 is 0. The molecule has 0 aliphatic carbocycles. The molecular formula is C20H18N2O3. The summed E-state index contributed by atoms with van der Waals surface area (Å²) in [4.78, 5) is 25.1. The predicted molar refractivity (Wildman–Crippen MR) is 99.5 cm³/mol. The summed E-state index contributed by atoms with van der Waals surface area (Å²) in [6.07, 6.45) is 0.773. The molecule has 2 aromatic carbocycles. The Morgan fingerprint density at radius 1 is 0.960 bits per heavy atom. The van der Waals surface area contributed by atoms with Gasteiger partial charge in [0.05, 0.1) is 16.6 Å². The summed E-state index contributed by atoms with van der Waals surface area (Å²) in [5.74, 6) is 0. The topological polar surface area (TPSA) is 64.2 Å². The molecule has 0 spiro atoms. The molecule has 2 aromatic heterocycles. The Bertz CT molecular complexity index is 1180. The van der Waals surface area contributed by atoms with Gasteiger partial charge in [0.1, 0.15) is 0 Å². The highest BCUT2D eigenvalue weighted by atomic mass is 16.4. The first-order valence-electron chi connectivity index (χ1n) is 8.43. The molecule has 2 heterocycles. The number of fused-ring (bicyclic) bond motifs is 5. The molecule has 0 amide bonds. The van der Waals surface area contributed by atoms with Gasteiger partial charge in [-0.05, 0) is 18.6 Å². The molecule has 5 heteroatoms. The molecule has 0 aliphatic heterocycles. The molecule has 5 nitrogen and oxygen atoms in total. The summed E-state index contributed by atoms with van der Waals surface area (Å²) in [6.45, 7) is 2.65. The van der Waals surface area contributed by atoms with E-state index >= 15 is 0 Å². The number of hydrogen-bond donors (Lipinski definition) is 1. The lowest BCUT2D eigenvalue weighted by Crippen LogP contribution is -2.21. The van der Waals surface area contributed by atoms with E-state index in [0.29, 0.717) is 33.9 Å². The van der Waals surface area contributed by atoms with Crippen molar-refractivity contribution < 1.29 is 9.90 Å². The molecule has 0 saturated carbocycles. The van der Waals surface area contributed by atoms with Crippen LogP contribution in [-0.4, -0.2) is 20.3 Å². The first-order valence-corrected chi connectivity index (χ1v) is 8.43. The number of aromatic nitrogens is 2. The third-order valence-corrected chi connectivity index (χ3v) is 4.70. The molecule has 25 heavy (non-hydrogen) atoms. The Balaban J connectivity index is 2.34. The van der Waals surface area contributed by atoms with E-state index in [1.54, 1.807) is 16.7 Å². The summed E-state index contributed by atoms with van der Waals surface area (Å²) < 4.78 is 3.04. The number of nitrogens with zero attached hydrogens (tertiary/aromatic N) is 2. The van der Waals surface area contributed by atoms with Crippen molar-refractivity contribution in [2.75, 3.05) is 0 Å². The van der Waals surface area contributed by atoms with Crippen LogP contribution in [0.5, 0.6) is 0 Å². The van der Waals surface area contributed by atoms with Gasteiger partial charge in [0.25, 0.3) is 5.56 Å². The maximum atomic E-state index is 13.1. The second-order valence-corrected chi connectivity index (χ2v) is 6.19. The van der Waals surface area contributed by atoms with E-state index < -0.39 is 6.09 Å². The van der Waals surface area contributed by atoms with E-state index in [9.17, 15) is 14.7 Å². The maximum Gasteiger partial charge on any atom is 0.416 e. The van der Waals surface area contributed by atoms with E-state index in [1.165, 1.54) is 4.57 Å². The lowest BCUT2D eigenvalue weighted by molar-refractivity contribution is 0.198. The van der Waals surface area contributed by atoms with E-state index in [4.69, 9.17) is 0 Å². The van der Waals surface area contributed by atoms with Crippen LogP contribution in [0.2, 0.25) is 0 Å². The zero-order valence-electron chi connectivity index (χ0n) is 13.9. The molecular weight excluding hydrogens is 316 g/mol. The van der Waals surface area contributed by atoms with Gasteiger partial charge in [-0.15, -0.1) is 0 Å². The van der Waals surface area contributed by atoms with Gasteiger partial charge in [0, 0.05) is 22.7 Å². The third kappa shape index (κ3) is 2.16. The molecule has 0 aliphatic rings. The van der Waals surface area contributed by atoms with Crippen molar-refractivity contribution in [1.82, 2.24) is 9.13 Å². The van der Waals surface area contributed by atoms with Gasteiger partial charge in [0.15, 0.2) is 0 Å². The summed E-state index contributed by atoms with van der Waals surface area (Å²) in [7, 11) is 0. The van der Waals surface area contributed by atoms with Crippen LogP contribution >= 0.6 is 0 Å². The van der Waals surface area contributed by atoms with Crippen LogP contribution in [0, 0.1) is 0 Å². The highest BCUT2D eigenvalue weighted by Gasteiger charge is 2.21. The number of rotatable bonds is 3. The van der Waals surface area contributed by atoms with Gasteiger partial charge in [0.2, 0.25) is 0 Å². The molecule has 0 unspecified atom stereocenters. The van der Waals surface area contributed by atoms with E-state index in [1.807, 2.05) is 36.4 Å². The number of unbranched alkanes of at least 4 members (excludes halogenated alkanes) is 1. The van der Waals surface area contributed by atoms with Crippen LogP contribution in [0.3, 0.4) is 0 Å². The lowest BCUT2D eigenvalue weighted by atomic mass is 10.1. The first-order chi connectivity index (χ1) is 12.1. The third-order valence-electron chi connectivity index (χ3n) is 4.70. The van der Waals surface area contributed by atoms with E-state index in [2.05, 4.69) is 6.92 Å². The van der Waals surface area contributed by atoms with Crippen LogP contribution in [0.25, 0.3) is 32.7 Å². The van der Waals surface area contributed by atoms with Gasteiger partial charge >= 0.3 is 6.09 Å². The largest absolute Gasteiger partial charge is 0.464 e. The molecule has 4 aromatic rings. The van der Waals surface area contributed by atoms with Crippen LogP contribution in [0.4, 0.5) is 4.79 Å². The predicted octanol–water partition coefficient (Wildman–Crippen LogP) is 4.44. The minimum Gasteiger partial charge on any atom is -0.464 e. The second-order valence-electron chi connectivity index (χ2n) is 6.19. The number of aryl methyl sites for hydroxylation is 1. The Labute approximate surface area is 143 Å². The van der Waals surface area contributed by atoms with Gasteiger partial charge < -0.3 is 9.67 Å². The molecule has 0 saturated heterocycles. The van der Waals surface area contributed by atoms with E-state index in [0.717, 1.165) is 18.2 Å².